The first-order valence-electron chi connectivity index (χ1n) is 9.45. The van der Waals surface area contributed by atoms with Crippen LogP contribution in [0.15, 0.2) is 30.3 Å². The summed E-state index contributed by atoms with van der Waals surface area (Å²) in [5.74, 6) is 0.897. The second-order valence-corrected chi connectivity index (χ2v) is 6.71. The van der Waals surface area contributed by atoms with Crippen LogP contribution in [-0.4, -0.2) is 62.3 Å². The fourth-order valence-corrected chi connectivity index (χ4v) is 3.18. The summed E-state index contributed by atoms with van der Waals surface area (Å²) < 4.78 is 18.1. The second kappa shape index (κ2) is 9.45. The maximum absolute atomic E-state index is 13.1. The van der Waals surface area contributed by atoms with Gasteiger partial charge in [0.2, 0.25) is 0 Å². The van der Waals surface area contributed by atoms with Gasteiger partial charge in [-0.25, -0.2) is 14.4 Å². The molecule has 1 N–H and O–H groups in total. The summed E-state index contributed by atoms with van der Waals surface area (Å²) in [6.07, 6.45) is 0.754. The van der Waals surface area contributed by atoms with E-state index in [1.54, 1.807) is 32.2 Å². The summed E-state index contributed by atoms with van der Waals surface area (Å²) in [5, 5.41) is 2.86. The maximum atomic E-state index is 13.1. The highest BCUT2D eigenvalue weighted by Gasteiger charge is 2.20. The van der Waals surface area contributed by atoms with Crippen molar-refractivity contribution in [1.29, 1.82) is 0 Å². The summed E-state index contributed by atoms with van der Waals surface area (Å²) in [4.78, 5) is 25.5. The number of hydrogen-bond acceptors (Lipinski definition) is 6. The summed E-state index contributed by atoms with van der Waals surface area (Å²) in [5.41, 5.74) is 1.39. The van der Waals surface area contributed by atoms with Crippen molar-refractivity contribution in [1.82, 2.24) is 15.3 Å². The first-order chi connectivity index (χ1) is 13.6. The molecule has 1 aromatic carbocycles. The molecule has 2 heterocycles. The third-order valence-electron chi connectivity index (χ3n) is 4.66. The van der Waals surface area contributed by atoms with E-state index in [2.05, 4.69) is 25.1 Å². The van der Waals surface area contributed by atoms with Crippen LogP contribution in [-0.2, 0) is 4.74 Å². The number of nitrogens with zero attached hydrogens (tertiary/aromatic N) is 4. The smallest absolute Gasteiger partial charge is 0.270 e. The molecule has 0 radical (unpaired) electrons. The second-order valence-electron chi connectivity index (χ2n) is 6.71. The number of hydrogen-bond donors (Lipinski definition) is 1. The topological polar surface area (TPSA) is 70.6 Å². The molecular weight excluding hydrogens is 361 g/mol. The first-order valence-corrected chi connectivity index (χ1v) is 9.45. The van der Waals surface area contributed by atoms with E-state index in [1.165, 1.54) is 12.1 Å². The van der Waals surface area contributed by atoms with Crippen LogP contribution < -0.4 is 15.1 Å². The molecule has 3 rings (SSSR count). The van der Waals surface area contributed by atoms with Crippen molar-refractivity contribution in [3.63, 3.8) is 0 Å². The Balaban J connectivity index is 1.62. The molecular formula is C20H26FN5O2. The molecule has 8 heteroatoms. The molecule has 1 aliphatic rings. The minimum Gasteiger partial charge on any atom is -0.385 e. The van der Waals surface area contributed by atoms with Gasteiger partial charge in [0.25, 0.3) is 5.91 Å². The third-order valence-corrected chi connectivity index (χ3v) is 4.66. The van der Waals surface area contributed by atoms with Crippen molar-refractivity contribution in [2.24, 2.45) is 0 Å². The lowest BCUT2D eigenvalue weighted by Gasteiger charge is -2.36. The van der Waals surface area contributed by atoms with E-state index in [9.17, 15) is 9.18 Å². The van der Waals surface area contributed by atoms with Crippen LogP contribution in [0.3, 0.4) is 0 Å². The van der Waals surface area contributed by atoms with Crippen LogP contribution >= 0.6 is 0 Å². The van der Waals surface area contributed by atoms with Gasteiger partial charge < -0.3 is 19.9 Å². The number of carbonyl (C=O) groups excluding carboxylic acids is 1. The molecule has 0 saturated carbocycles. The fraction of sp³-hybridized carbons (Fsp3) is 0.450. The average molecular weight is 387 g/mol. The number of piperazine rings is 1. The van der Waals surface area contributed by atoms with E-state index in [0.717, 1.165) is 44.1 Å². The Hall–Kier alpha value is -2.74. The highest BCUT2D eigenvalue weighted by Crippen LogP contribution is 2.20. The Morgan fingerprint density at radius 1 is 1.14 bits per heavy atom. The molecule has 1 amide bonds. The molecule has 150 valence electrons. The number of benzene rings is 1. The maximum Gasteiger partial charge on any atom is 0.270 e. The van der Waals surface area contributed by atoms with Gasteiger partial charge in [-0.05, 0) is 37.6 Å². The first kappa shape index (κ1) is 20.0. The molecule has 0 aliphatic carbocycles. The number of aryl methyl sites for hydroxylation is 1. The Morgan fingerprint density at radius 2 is 1.82 bits per heavy atom. The number of nitrogens with one attached hydrogen (secondary N) is 1. The van der Waals surface area contributed by atoms with Gasteiger partial charge in [0.1, 0.15) is 23.2 Å². The highest BCUT2D eigenvalue weighted by atomic mass is 19.1. The van der Waals surface area contributed by atoms with Gasteiger partial charge in [0.15, 0.2) is 0 Å². The molecule has 1 saturated heterocycles. The van der Waals surface area contributed by atoms with Gasteiger partial charge in [-0.2, -0.15) is 0 Å². The van der Waals surface area contributed by atoms with Crippen molar-refractivity contribution in [3.05, 3.63) is 47.7 Å². The van der Waals surface area contributed by atoms with Gasteiger partial charge in [-0.1, -0.05) is 0 Å². The van der Waals surface area contributed by atoms with Crippen LogP contribution in [0.1, 0.15) is 22.7 Å². The molecule has 0 bridgehead atoms. The molecule has 2 aromatic rings. The SMILES string of the molecule is COCCCNC(=O)c1cc(N2CCN(c3ccc(F)cc3)CC2)nc(C)n1. The molecule has 0 unspecified atom stereocenters. The Bertz CT molecular complexity index is 792. The standard InChI is InChI=1S/C20H26FN5O2/c1-15-23-18(20(27)22-8-3-13-28-2)14-19(24-15)26-11-9-25(10-12-26)17-6-4-16(21)5-7-17/h4-7,14H,3,8-13H2,1-2H3,(H,22,27). The summed E-state index contributed by atoms with van der Waals surface area (Å²) >= 11 is 0. The Kier molecular flexibility index (Phi) is 6.76. The molecule has 0 spiro atoms. The highest BCUT2D eigenvalue weighted by molar-refractivity contribution is 5.92. The average Bonchev–Trinajstić information content (AvgIpc) is 2.71. The Morgan fingerprint density at radius 3 is 2.50 bits per heavy atom. The van der Waals surface area contributed by atoms with Gasteiger partial charge in [-0.3, -0.25) is 4.79 Å². The van der Waals surface area contributed by atoms with Crippen LogP contribution in [0, 0.1) is 12.7 Å². The van der Waals surface area contributed by atoms with Crippen molar-refractivity contribution in [3.8, 4) is 0 Å². The van der Waals surface area contributed by atoms with E-state index < -0.39 is 0 Å². The molecule has 1 aromatic heterocycles. The summed E-state index contributed by atoms with van der Waals surface area (Å²) in [6, 6.07) is 8.30. The summed E-state index contributed by atoms with van der Waals surface area (Å²) in [7, 11) is 1.64. The van der Waals surface area contributed by atoms with Crippen LogP contribution in [0.2, 0.25) is 0 Å². The molecule has 0 atom stereocenters. The zero-order valence-corrected chi connectivity index (χ0v) is 16.3. The molecule has 7 nitrogen and oxygen atoms in total. The minimum atomic E-state index is -0.230. The van der Waals surface area contributed by atoms with Gasteiger partial charge in [0, 0.05) is 58.2 Å². The monoisotopic (exact) mass is 387 g/mol. The van der Waals surface area contributed by atoms with Gasteiger partial charge in [0.05, 0.1) is 0 Å². The van der Waals surface area contributed by atoms with E-state index in [1.807, 2.05) is 0 Å². The molecule has 28 heavy (non-hydrogen) atoms. The number of carbonyl (C=O) groups is 1. The number of rotatable bonds is 7. The number of ether oxygens (including phenoxy) is 1. The lowest BCUT2D eigenvalue weighted by atomic mass is 10.2. The van der Waals surface area contributed by atoms with Crippen molar-refractivity contribution in [2.75, 3.05) is 56.2 Å². The van der Waals surface area contributed by atoms with Crippen LogP contribution in [0.5, 0.6) is 0 Å². The predicted molar refractivity (Wildman–Crippen MR) is 106 cm³/mol. The lowest BCUT2D eigenvalue weighted by Crippen LogP contribution is -2.47. The van der Waals surface area contributed by atoms with Crippen molar-refractivity contribution in [2.45, 2.75) is 13.3 Å². The van der Waals surface area contributed by atoms with Crippen molar-refractivity contribution >= 4 is 17.4 Å². The van der Waals surface area contributed by atoms with E-state index in [0.29, 0.717) is 24.7 Å². The number of anilines is 2. The third kappa shape index (κ3) is 5.16. The zero-order chi connectivity index (χ0) is 19.9. The van der Waals surface area contributed by atoms with Gasteiger partial charge in [-0.15, -0.1) is 0 Å². The van der Waals surface area contributed by atoms with Crippen LogP contribution in [0.25, 0.3) is 0 Å². The van der Waals surface area contributed by atoms with E-state index in [4.69, 9.17) is 4.74 Å². The summed E-state index contributed by atoms with van der Waals surface area (Å²) in [6.45, 7) is 6.07. The largest absolute Gasteiger partial charge is 0.385 e. The van der Waals surface area contributed by atoms with Crippen LogP contribution in [0.4, 0.5) is 15.9 Å². The number of methoxy groups -OCH3 is 1. The van der Waals surface area contributed by atoms with Crippen molar-refractivity contribution < 1.29 is 13.9 Å². The zero-order valence-electron chi connectivity index (χ0n) is 16.3. The van der Waals surface area contributed by atoms with E-state index >= 15 is 0 Å². The Labute approximate surface area is 164 Å². The van der Waals surface area contributed by atoms with E-state index in [-0.39, 0.29) is 11.7 Å². The quantitative estimate of drug-likeness (QED) is 0.733. The number of amides is 1. The lowest BCUT2D eigenvalue weighted by molar-refractivity contribution is 0.0943. The molecule has 1 fully saturated rings. The normalized spacial score (nSPS) is 14.2. The number of halogens is 1. The molecule has 1 aliphatic heterocycles. The fourth-order valence-electron chi connectivity index (χ4n) is 3.18. The number of aromatic nitrogens is 2. The minimum absolute atomic E-state index is 0.201. The predicted octanol–water partition coefficient (Wildman–Crippen LogP) is 2.02. The van der Waals surface area contributed by atoms with Gasteiger partial charge >= 0.3 is 0 Å².